The molecule has 2 N–H and O–H groups in total. The predicted octanol–water partition coefficient (Wildman–Crippen LogP) is 2.22. The molecule has 0 heterocycles. The molecule has 4 heteroatoms. The van der Waals surface area contributed by atoms with Crippen molar-refractivity contribution >= 4 is 17.6 Å². The fraction of sp³-hybridized carbons (Fsp3) is 0.231. The molecule has 0 aliphatic carbocycles. The average molecular weight is 233 g/mol. The molecule has 1 rings (SSSR count). The van der Waals surface area contributed by atoms with E-state index in [1.807, 2.05) is 12.1 Å². The maximum atomic E-state index is 11.3. The molecule has 0 spiro atoms. The topological polar surface area (TPSA) is 66.4 Å². The van der Waals surface area contributed by atoms with Crippen LogP contribution in [0.3, 0.4) is 0 Å². The molecule has 1 aromatic carbocycles. The molecule has 0 aromatic heterocycles. The van der Waals surface area contributed by atoms with Crippen molar-refractivity contribution in [3.63, 3.8) is 0 Å². The van der Waals surface area contributed by atoms with Gasteiger partial charge in [0.2, 0.25) is 5.91 Å². The second kappa shape index (κ2) is 6.48. The summed E-state index contributed by atoms with van der Waals surface area (Å²) in [4.78, 5) is 21.6. The number of carbonyl (C=O) groups excluding carboxylic acids is 1. The summed E-state index contributed by atoms with van der Waals surface area (Å²) in [7, 11) is 0. The van der Waals surface area contributed by atoms with Crippen LogP contribution < -0.4 is 5.32 Å². The second-order valence-electron chi connectivity index (χ2n) is 3.63. The van der Waals surface area contributed by atoms with E-state index in [1.54, 1.807) is 12.1 Å². The zero-order valence-electron chi connectivity index (χ0n) is 9.48. The van der Waals surface area contributed by atoms with Crippen LogP contribution in [-0.4, -0.2) is 17.0 Å². The minimum atomic E-state index is -0.812. The van der Waals surface area contributed by atoms with E-state index in [0.717, 1.165) is 5.56 Å². The Labute approximate surface area is 100.0 Å². The van der Waals surface area contributed by atoms with E-state index in [0.29, 0.717) is 12.1 Å². The Kier molecular flexibility index (Phi) is 4.94. The average Bonchev–Trinajstić information content (AvgIpc) is 2.28. The lowest BCUT2D eigenvalue weighted by molar-refractivity contribution is -0.137. The highest BCUT2D eigenvalue weighted by atomic mass is 16.4. The van der Waals surface area contributed by atoms with Crippen LogP contribution in [0, 0.1) is 0 Å². The van der Waals surface area contributed by atoms with E-state index in [-0.39, 0.29) is 18.7 Å². The van der Waals surface area contributed by atoms with Gasteiger partial charge in [-0.25, -0.2) is 0 Å². The maximum absolute atomic E-state index is 11.3. The van der Waals surface area contributed by atoms with E-state index in [4.69, 9.17) is 5.11 Å². The van der Waals surface area contributed by atoms with Gasteiger partial charge in [-0.15, -0.1) is 6.58 Å². The zero-order valence-corrected chi connectivity index (χ0v) is 9.48. The van der Waals surface area contributed by atoms with Crippen molar-refractivity contribution in [3.05, 3.63) is 42.5 Å². The molecule has 0 saturated carbocycles. The van der Waals surface area contributed by atoms with Crippen LogP contribution in [0.25, 0.3) is 0 Å². The number of anilines is 1. The summed E-state index contributed by atoms with van der Waals surface area (Å²) in [6.07, 6.45) is 2.43. The van der Waals surface area contributed by atoms with Crippen LogP contribution in [0.1, 0.15) is 18.4 Å². The Morgan fingerprint density at radius 1 is 1.29 bits per heavy atom. The molecule has 0 atom stereocenters. The van der Waals surface area contributed by atoms with Crippen molar-refractivity contribution in [3.8, 4) is 0 Å². The van der Waals surface area contributed by atoms with Crippen LogP contribution >= 0.6 is 0 Å². The molecule has 1 aromatic rings. The predicted molar refractivity (Wildman–Crippen MR) is 65.8 cm³/mol. The first-order valence-corrected chi connectivity index (χ1v) is 5.33. The summed E-state index contributed by atoms with van der Waals surface area (Å²) in [5.41, 5.74) is 1.64. The Morgan fingerprint density at radius 3 is 2.47 bits per heavy atom. The second-order valence-corrected chi connectivity index (χ2v) is 3.63. The van der Waals surface area contributed by atoms with Crippen molar-refractivity contribution in [2.45, 2.75) is 19.3 Å². The van der Waals surface area contributed by atoms with Gasteiger partial charge in [-0.05, 0) is 24.1 Å². The fourth-order valence-corrected chi connectivity index (χ4v) is 1.35. The molecule has 4 nitrogen and oxygen atoms in total. The van der Waals surface area contributed by atoms with Crippen LogP contribution in [0.2, 0.25) is 0 Å². The van der Waals surface area contributed by atoms with Crippen molar-refractivity contribution < 1.29 is 14.7 Å². The smallest absolute Gasteiger partial charge is 0.303 e. The molecule has 0 bridgehead atoms. The minimum absolute atomic E-state index is 0.113. The Hall–Kier alpha value is -2.10. The number of carboxylic acids is 1. The number of hydrogen-bond acceptors (Lipinski definition) is 2. The number of benzene rings is 1. The molecule has 0 aliphatic heterocycles. The van der Waals surface area contributed by atoms with E-state index < -0.39 is 5.97 Å². The first-order chi connectivity index (χ1) is 8.11. The first-order valence-electron chi connectivity index (χ1n) is 5.33. The number of amides is 1. The highest BCUT2D eigenvalue weighted by Crippen LogP contribution is 2.11. The van der Waals surface area contributed by atoms with Crippen LogP contribution in [0.5, 0.6) is 0 Å². The highest BCUT2D eigenvalue weighted by Gasteiger charge is 2.01. The lowest BCUT2D eigenvalue weighted by Crippen LogP contribution is -2.09. The Morgan fingerprint density at radius 2 is 1.94 bits per heavy atom. The van der Waals surface area contributed by atoms with Crippen LogP contribution in [-0.2, 0) is 16.0 Å². The number of hydrogen-bond donors (Lipinski definition) is 2. The number of carbonyl (C=O) groups is 2. The summed E-state index contributed by atoms with van der Waals surface area (Å²) in [5, 5.41) is 11.2. The number of nitrogens with one attached hydrogen (secondary N) is 1. The minimum Gasteiger partial charge on any atom is -0.481 e. The molecule has 0 unspecified atom stereocenters. The zero-order chi connectivity index (χ0) is 12.7. The van der Waals surface area contributed by atoms with E-state index in [9.17, 15) is 9.59 Å². The quantitative estimate of drug-likeness (QED) is 0.740. The van der Waals surface area contributed by atoms with E-state index in [2.05, 4.69) is 11.9 Å². The van der Waals surface area contributed by atoms with Gasteiger partial charge in [-0.2, -0.15) is 0 Å². The SMILES string of the molecule is C=CCC(=O)Nc1ccc(CCC(=O)O)cc1. The third-order valence-corrected chi connectivity index (χ3v) is 2.19. The van der Waals surface area contributed by atoms with Crippen LogP contribution in [0.15, 0.2) is 36.9 Å². The monoisotopic (exact) mass is 233 g/mol. The van der Waals surface area contributed by atoms with Crippen molar-refractivity contribution in [2.75, 3.05) is 5.32 Å². The van der Waals surface area contributed by atoms with Gasteiger partial charge in [0.15, 0.2) is 0 Å². The lowest BCUT2D eigenvalue weighted by atomic mass is 10.1. The number of aryl methyl sites for hydroxylation is 1. The summed E-state index contributed by atoms with van der Waals surface area (Å²) in [6, 6.07) is 7.15. The highest BCUT2D eigenvalue weighted by molar-refractivity contribution is 5.91. The van der Waals surface area contributed by atoms with Gasteiger partial charge in [-0.1, -0.05) is 18.2 Å². The molecular weight excluding hydrogens is 218 g/mol. The first kappa shape index (κ1) is 13.0. The van der Waals surface area contributed by atoms with Crippen molar-refractivity contribution in [1.82, 2.24) is 0 Å². The normalized spacial score (nSPS) is 9.65. The number of rotatable bonds is 6. The maximum Gasteiger partial charge on any atom is 0.303 e. The lowest BCUT2D eigenvalue weighted by Gasteiger charge is -2.04. The molecule has 1 amide bonds. The van der Waals surface area contributed by atoms with Crippen molar-refractivity contribution in [2.24, 2.45) is 0 Å². The molecule has 0 radical (unpaired) electrons. The van der Waals surface area contributed by atoms with Gasteiger partial charge in [0, 0.05) is 18.5 Å². The largest absolute Gasteiger partial charge is 0.481 e. The standard InChI is InChI=1S/C13H15NO3/c1-2-3-12(15)14-11-7-4-10(5-8-11)6-9-13(16)17/h2,4-5,7-8H,1,3,6,9H2,(H,14,15)(H,16,17). The molecule has 0 fully saturated rings. The summed E-state index contributed by atoms with van der Waals surface area (Å²) < 4.78 is 0. The summed E-state index contributed by atoms with van der Waals surface area (Å²) >= 11 is 0. The van der Waals surface area contributed by atoms with Gasteiger partial charge in [0.25, 0.3) is 0 Å². The van der Waals surface area contributed by atoms with Gasteiger partial charge in [-0.3, -0.25) is 9.59 Å². The van der Waals surface area contributed by atoms with Gasteiger partial charge < -0.3 is 10.4 Å². The Bertz CT molecular complexity index is 409. The molecular formula is C13H15NO3. The van der Waals surface area contributed by atoms with Crippen molar-refractivity contribution in [1.29, 1.82) is 0 Å². The fourth-order valence-electron chi connectivity index (χ4n) is 1.35. The molecule has 0 saturated heterocycles. The van der Waals surface area contributed by atoms with Gasteiger partial charge in [0.05, 0.1) is 0 Å². The number of carboxylic acid groups (broad SMARTS) is 1. The third-order valence-electron chi connectivity index (χ3n) is 2.19. The molecule has 90 valence electrons. The molecule has 17 heavy (non-hydrogen) atoms. The number of aliphatic carboxylic acids is 1. The van der Waals surface area contributed by atoms with E-state index >= 15 is 0 Å². The van der Waals surface area contributed by atoms with Gasteiger partial charge >= 0.3 is 5.97 Å². The van der Waals surface area contributed by atoms with Crippen LogP contribution in [0.4, 0.5) is 5.69 Å². The van der Waals surface area contributed by atoms with E-state index in [1.165, 1.54) is 6.08 Å². The molecule has 0 aliphatic rings. The third kappa shape index (κ3) is 4.97. The summed E-state index contributed by atoms with van der Waals surface area (Å²) in [5.74, 6) is -0.924. The summed E-state index contributed by atoms with van der Waals surface area (Å²) in [6.45, 7) is 3.48. The Balaban J connectivity index is 2.52. The van der Waals surface area contributed by atoms with Gasteiger partial charge in [0.1, 0.15) is 0 Å².